The van der Waals surface area contributed by atoms with Crippen LogP contribution in [0.3, 0.4) is 0 Å². The summed E-state index contributed by atoms with van der Waals surface area (Å²) in [5.41, 5.74) is 0.636. The van der Waals surface area contributed by atoms with Gasteiger partial charge in [0, 0.05) is 6.61 Å². The largest absolute Gasteiger partial charge is 0.481 e. The molecular formula is C14H18O5. The van der Waals surface area contributed by atoms with E-state index in [2.05, 4.69) is 0 Å². The lowest BCUT2D eigenvalue weighted by Gasteiger charge is -2.14. The highest BCUT2D eigenvalue weighted by Crippen LogP contribution is 2.21. The van der Waals surface area contributed by atoms with Crippen LogP contribution in [0.2, 0.25) is 0 Å². The highest BCUT2D eigenvalue weighted by Gasteiger charge is 2.24. The van der Waals surface area contributed by atoms with Crippen molar-refractivity contribution in [1.82, 2.24) is 0 Å². The van der Waals surface area contributed by atoms with Crippen molar-refractivity contribution < 1.29 is 24.5 Å². The topological polar surface area (TPSA) is 83.8 Å². The van der Waals surface area contributed by atoms with E-state index in [1.165, 1.54) is 0 Å². The standard InChI is InChI=1S/C14H18O5/c15-8-4-5-9-19-14(18)12(10-13(16)17)11-6-2-1-3-7-11/h1-3,6-7,12,15H,4-5,8-10H2,(H,16,17). The Hall–Kier alpha value is -1.88. The molecule has 1 rings (SSSR count). The van der Waals surface area contributed by atoms with E-state index < -0.39 is 17.9 Å². The third-order valence-electron chi connectivity index (χ3n) is 2.66. The van der Waals surface area contributed by atoms with E-state index in [0.717, 1.165) is 0 Å². The zero-order valence-electron chi connectivity index (χ0n) is 10.6. The van der Waals surface area contributed by atoms with Crippen LogP contribution >= 0.6 is 0 Å². The minimum Gasteiger partial charge on any atom is -0.481 e. The highest BCUT2D eigenvalue weighted by molar-refractivity contribution is 5.83. The lowest BCUT2D eigenvalue weighted by molar-refractivity contribution is -0.149. The number of unbranched alkanes of at least 4 members (excludes halogenated alkanes) is 1. The number of carbonyl (C=O) groups is 2. The predicted octanol–water partition coefficient (Wildman–Crippen LogP) is 1.56. The van der Waals surface area contributed by atoms with Crippen molar-refractivity contribution in [3.05, 3.63) is 35.9 Å². The number of hydrogen-bond acceptors (Lipinski definition) is 4. The second kappa shape index (κ2) is 8.26. The molecule has 2 N–H and O–H groups in total. The lowest BCUT2D eigenvalue weighted by atomic mass is 9.96. The molecule has 0 aliphatic carbocycles. The molecule has 0 saturated heterocycles. The molecule has 104 valence electrons. The summed E-state index contributed by atoms with van der Waals surface area (Å²) in [5.74, 6) is -2.36. The maximum Gasteiger partial charge on any atom is 0.314 e. The van der Waals surface area contributed by atoms with Gasteiger partial charge in [0.25, 0.3) is 0 Å². The summed E-state index contributed by atoms with van der Waals surface area (Å²) in [5, 5.41) is 17.5. The van der Waals surface area contributed by atoms with Crippen molar-refractivity contribution in [2.45, 2.75) is 25.2 Å². The van der Waals surface area contributed by atoms with Gasteiger partial charge in [-0.3, -0.25) is 9.59 Å². The van der Waals surface area contributed by atoms with E-state index in [1.807, 2.05) is 0 Å². The van der Waals surface area contributed by atoms with Gasteiger partial charge in [0.1, 0.15) is 0 Å². The third kappa shape index (κ3) is 5.52. The fourth-order valence-corrected chi connectivity index (χ4v) is 1.68. The molecule has 1 atom stereocenters. The number of aliphatic hydroxyl groups is 1. The number of carbonyl (C=O) groups excluding carboxylic acids is 1. The SMILES string of the molecule is O=C(O)CC(C(=O)OCCCCO)c1ccccc1. The van der Waals surface area contributed by atoms with Crippen molar-refractivity contribution in [1.29, 1.82) is 0 Å². The van der Waals surface area contributed by atoms with Gasteiger partial charge in [-0.2, -0.15) is 0 Å². The molecule has 0 heterocycles. The first kappa shape index (κ1) is 15.2. The Balaban J connectivity index is 2.63. The molecule has 0 radical (unpaired) electrons. The number of carboxylic acid groups (broad SMARTS) is 1. The van der Waals surface area contributed by atoms with Crippen LogP contribution in [0, 0.1) is 0 Å². The molecule has 0 spiro atoms. The number of esters is 1. The van der Waals surface area contributed by atoms with Crippen molar-refractivity contribution >= 4 is 11.9 Å². The molecule has 0 fully saturated rings. The number of aliphatic carboxylic acids is 1. The van der Waals surface area contributed by atoms with Crippen LogP contribution in [0.25, 0.3) is 0 Å². The Morgan fingerprint density at radius 2 is 1.84 bits per heavy atom. The first-order valence-electron chi connectivity index (χ1n) is 6.19. The maximum atomic E-state index is 11.9. The Morgan fingerprint density at radius 1 is 1.16 bits per heavy atom. The van der Waals surface area contributed by atoms with Gasteiger partial charge >= 0.3 is 11.9 Å². The molecular weight excluding hydrogens is 248 g/mol. The van der Waals surface area contributed by atoms with Crippen molar-refractivity contribution in [2.75, 3.05) is 13.2 Å². The average Bonchev–Trinajstić information content (AvgIpc) is 2.41. The van der Waals surface area contributed by atoms with E-state index in [-0.39, 0.29) is 19.6 Å². The molecule has 1 unspecified atom stereocenters. The predicted molar refractivity (Wildman–Crippen MR) is 68.7 cm³/mol. The van der Waals surface area contributed by atoms with Crippen LogP contribution in [0.15, 0.2) is 30.3 Å². The second-order valence-electron chi connectivity index (χ2n) is 4.16. The van der Waals surface area contributed by atoms with Crippen molar-refractivity contribution in [2.24, 2.45) is 0 Å². The van der Waals surface area contributed by atoms with E-state index in [1.54, 1.807) is 30.3 Å². The van der Waals surface area contributed by atoms with Crippen molar-refractivity contribution in [3.8, 4) is 0 Å². The van der Waals surface area contributed by atoms with Crippen LogP contribution in [-0.2, 0) is 14.3 Å². The molecule has 0 aliphatic rings. The second-order valence-corrected chi connectivity index (χ2v) is 4.16. The Kier molecular flexibility index (Phi) is 6.60. The summed E-state index contributed by atoms with van der Waals surface area (Å²) in [4.78, 5) is 22.7. The molecule has 0 amide bonds. The van der Waals surface area contributed by atoms with Gasteiger partial charge < -0.3 is 14.9 Å². The minimum absolute atomic E-state index is 0.0504. The van der Waals surface area contributed by atoms with Gasteiger partial charge in [0.2, 0.25) is 0 Å². The molecule has 0 aromatic heterocycles. The number of hydrogen-bond donors (Lipinski definition) is 2. The summed E-state index contributed by atoms with van der Waals surface area (Å²) < 4.78 is 5.05. The normalized spacial score (nSPS) is 11.8. The van der Waals surface area contributed by atoms with E-state index in [0.29, 0.717) is 18.4 Å². The van der Waals surface area contributed by atoms with Crippen LogP contribution in [0.5, 0.6) is 0 Å². The summed E-state index contributed by atoms with van der Waals surface area (Å²) in [7, 11) is 0. The molecule has 5 heteroatoms. The highest BCUT2D eigenvalue weighted by atomic mass is 16.5. The molecule has 0 saturated carbocycles. The number of benzene rings is 1. The number of rotatable bonds is 8. The first-order valence-corrected chi connectivity index (χ1v) is 6.19. The fourth-order valence-electron chi connectivity index (χ4n) is 1.68. The number of carboxylic acids is 1. The third-order valence-corrected chi connectivity index (χ3v) is 2.66. The van der Waals surface area contributed by atoms with E-state index in [4.69, 9.17) is 14.9 Å². The smallest absolute Gasteiger partial charge is 0.314 e. The molecule has 0 bridgehead atoms. The zero-order valence-corrected chi connectivity index (χ0v) is 10.6. The summed E-state index contributed by atoms with van der Waals surface area (Å²) >= 11 is 0. The summed E-state index contributed by atoms with van der Waals surface area (Å²) in [6.45, 7) is 0.247. The van der Waals surface area contributed by atoms with E-state index in [9.17, 15) is 9.59 Å². The molecule has 19 heavy (non-hydrogen) atoms. The maximum absolute atomic E-state index is 11.9. The molecule has 1 aromatic rings. The van der Waals surface area contributed by atoms with Gasteiger partial charge in [-0.1, -0.05) is 30.3 Å². The van der Waals surface area contributed by atoms with E-state index >= 15 is 0 Å². The Labute approximate surface area is 111 Å². The number of ether oxygens (including phenoxy) is 1. The van der Waals surface area contributed by atoms with Gasteiger partial charge in [-0.05, 0) is 18.4 Å². The van der Waals surface area contributed by atoms with Gasteiger partial charge in [-0.15, -0.1) is 0 Å². The van der Waals surface area contributed by atoms with Crippen LogP contribution in [0.4, 0.5) is 0 Å². The quantitative estimate of drug-likeness (QED) is 0.551. The first-order chi connectivity index (χ1) is 9.15. The summed E-state index contributed by atoms with van der Waals surface area (Å²) in [6.07, 6.45) is 0.835. The van der Waals surface area contributed by atoms with Crippen LogP contribution in [-0.4, -0.2) is 35.4 Å². The zero-order chi connectivity index (χ0) is 14.1. The molecule has 5 nitrogen and oxygen atoms in total. The fraction of sp³-hybridized carbons (Fsp3) is 0.429. The molecule has 1 aromatic carbocycles. The van der Waals surface area contributed by atoms with Crippen molar-refractivity contribution in [3.63, 3.8) is 0 Å². The van der Waals surface area contributed by atoms with Crippen LogP contribution in [0.1, 0.15) is 30.7 Å². The van der Waals surface area contributed by atoms with Gasteiger partial charge in [0.05, 0.1) is 18.9 Å². The number of aliphatic hydroxyl groups excluding tert-OH is 1. The average molecular weight is 266 g/mol. The van der Waals surface area contributed by atoms with Crippen LogP contribution < -0.4 is 0 Å². The monoisotopic (exact) mass is 266 g/mol. The Bertz CT molecular complexity index is 402. The molecule has 0 aliphatic heterocycles. The summed E-state index contributed by atoms with van der Waals surface area (Å²) in [6, 6.07) is 8.73. The lowest BCUT2D eigenvalue weighted by Crippen LogP contribution is -2.19. The van der Waals surface area contributed by atoms with Gasteiger partial charge in [0.15, 0.2) is 0 Å². The minimum atomic E-state index is -1.04. The Morgan fingerprint density at radius 3 is 2.42 bits per heavy atom. The van der Waals surface area contributed by atoms with Gasteiger partial charge in [-0.25, -0.2) is 0 Å².